The number of carbonyl (C=O) groups is 1. The van der Waals surface area contributed by atoms with Gasteiger partial charge in [-0.1, -0.05) is 18.2 Å². The average molecular weight is 588 g/mol. The minimum absolute atomic E-state index is 0.0408. The number of ketones is 1. The standard InChI is InChI=1S/C31H28F3N7O2/c1-19-8-11-23(38-30(43)21-6-5-7-22(14-21)31(32,33)34)15-26(19)39-28-25-16-37-40(29(25)36-18-35-28)24-12-9-20(10-13-24)27(42)17-41(2,3)4/h5-16,18H,17H2,1-4H3,(H-,35,36,37,38,39,43). The van der Waals surface area contributed by atoms with E-state index in [2.05, 4.69) is 25.4 Å². The van der Waals surface area contributed by atoms with Crippen LogP contribution in [0.2, 0.25) is 0 Å². The monoisotopic (exact) mass is 587 g/mol. The van der Waals surface area contributed by atoms with Gasteiger partial charge in [0.25, 0.3) is 0 Å². The summed E-state index contributed by atoms with van der Waals surface area (Å²) in [5.74, 6) is -0.300. The molecule has 0 aliphatic rings. The quantitative estimate of drug-likeness (QED) is 0.116. The van der Waals surface area contributed by atoms with Crippen molar-refractivity contribution in [3.05, 3.63) is 102 Å². The highest BCUT2D eigenvalue weighted by Gasteiger charge is 2.30. The van der Waals surface area contributed by atoms with E-state index in [1.165, 1.54) is 18.5 Å². The van der Waals surface area contributed by atoms with Gasteiger partial charge < -0.3 is 14.9 Å². The topological polar surface area (TPSA) is 108 Å². The number of hydrogen-bond donors (Lipinski definition) is 1. The van der Waals surface area contributed by atoms with Crippen LogP contribution in [0, 0.1) is 6.92 Å². The third-order valence-electron chi connectivity index (χ3n) is 6.56. The van der Waals surface area contributed by atoms with Crippen molar-refractivity contribution >= 4 is 39.9 Å². The first kappa shape index (κ1) is 29.4. The van der Waals surface area contributed by atoms with E-state index in [0.29, 0.717) is 44.8 Å². The van der Waals surface area contributed by atoms with Crippen LogP contribution in [0.25, 0.3) is 16.7 Å². The zero-order valence-electron chi connectivity index (χ0n) is 23.8. The Morgan fingerprint density at radius 2 is 1.74 bits per heavy atom. The van der Waals surface area contributed by atoms with Crippen molar-refractivity contribution in [2.24, 2.45) is 4.99 Å². The van der Waals surface area contributed by atoms with Crippen molar-refractivity contribution in [3.63, 3.8) is 0 Å². The second kappa shape index (κ2) is 11.3. The van der Waals surface area contributed by atoms with E-state index in [9.17, 15) is 23.1 Å². The predicted molar refractivity (Wildman–Crippen MR) is 156 cm³/mol. The number of aromatic nitrogens is 4. The van der Waals surface area contributed by atoms with Crippen molar-refractivity contribution in [2.45, 2.75) is 13.1 Å². The first-order valence-electron chi connectivity index (χ1n) is 13.2. The van der Waals surface area contributed by atoms with E-state index in [1.54, 1.807) is 53.3 Å². The lowest BCUT2D eigenvalue weighted by Gasteiger charge is -2.22. The summed E-state index contributed by atoms with van der Waals surface area (Å²) < 4.78 is 41.4. The summed E-state index contributed by atoms with van der Waals surface area (Å²) in [5, 5.41) is 21.0. The van der Waals surface area contributed by atoms with Crippen molar-refractivity contribution in [1.82, 2.24) is 19.7 Å². The fourth-order valence-electron chi connectivity index (χ4n) is 4.40. The first-order valence-corrected chi connectivity index (χ1v) is 13.2. The fourth-order valence-corrected chi connectivity index (χ4v) is 4.40. The molecule has 0 saturated carbocycles. The van der Waals surface area contributed by atoms with E-state index in [4.69, 9.17) is 0 Å². The Bertz CT molecular complexity index is 1840. The summed E-state index contributed by atoms with van der Waals surface area (Å²) in [6.07, 6.45) is -1.56. The van der Waals surface area contributed by atoms with Gasteiger partial charge in [-0.2, -0.15) is 18.3 Å². The molecule has 0 unspecified atom stereocenters. The van der Waals surface area contributed by atoms with Gasteiger partial charge in [0.15, 0.2) is 5.65 Å². The van der Waals surface area contributed by atoms with Crippen LogP contribution in [0.5, 0.6) is 0 Å². The zero-order chi connectivity index (χ0) is 30.9. The number of nitrogens with zero attached hydrogens (tertiary/aromatic N) is 6. The molecule has 0 fully saturated rings. The van der Waals surface area contributed by atoms with Crippen LogP contribution in [-0.4, -0.2) is 63.6 Å². The lowest BCUT2D eigenvalue weighted by atomic mass is 10.1. The number of aryl methyl sites for hydroxylation is 1. The molecule has 2 aromatic heterocycles. The molecular formula is C31H28F3N7O2. The van der Waals surface area contributed by atoms with E-state index < -0.39 is 17.6 Å². The summed E-state index contributed by atoms with van der Waals surface area (Å²) in [7, 11) is 5.88. The molecule has 9 nitrogen and oxygen atoms in total. The number of aliphatic imine (C=N–C) groups is 1. The number of benzene rings is 3. The van der Waals surface area contributed by atoms with Crippen LogP contribution >= 0.6 is 0 Å². The summed E-state index contributed by atoms with van der Waals surface area (Å²) in [4.78, 5) is 25.4. The molecule has 0 radical (unpaired) electrons. The van der Waals surface area contributed by atoms with Gasteiger partial charge in [0, 0.05) is 11.3 Å². The lowest BCUT2D eigenvalue weighted by molar-refractivity contribution is -0.861. The van der Waals surface area contributed by atoms with Gasteiger partial charge in [-0.15, -0.1) is 0 Å². The molecule has 0 bridgehead atoms. The highest BCUT2D eigenvalue weighted by atomic mass is 19.4. The van der Waals surface area contributed by atoms with Gasteiger partial charge in [-0.25, -0.2) is 14.6 Å². The van der Waals surface area contributed by atoms with E-state index >= 15 is 0 Å². The second-order valence-electron chi connectivity index (χ2n) is 11.1. The number of halogens is 3. The van der Waals surface area contributed by atoms with Crippen LogP contribution in [0.1, 0.15) is 27.0 Å². The SMILES string of the molecule is Cc1ccc(N=C([O-])c2cccc(C(F)(F)F)c2)cc1Nc1ncnc2c1cnn2-c1ccc(C(=O)C[N+](C)(C)C)cc1. The number of likely N-dealkylation sites (N-methyl/N-ethyl adjacent to an activating group) is 1. The van der Waals surface area contributed by atoms with Crippen molar-refractivity contribution < 1.29 is 27.6 Å². The van der Waals surface area contributed by atoms with Gasteiger partial charge in [0.2, 0.25) is 5.78 Å². The normalized spacial score (nSPS) is 12.5. The lowest BCUT2D eigenvalue weighted by Crippen LogP contribution is -2.39. The molecule has 3 aromatic carbocycles. The summed E-state index contributed by atoms with van der Waals surface area (Å²) in [5.41, 5.74) is 2.43. The van der Waals surface area contributed by atoms with Gasteiger partial charge >= 0.3 is 6.18 Å². The molecule has 0 atom stereocenters. The largest absolute Gasteiger partial charge is 0.858 e. The molecule has 5 aromatic rings. The Labute approximate surface area is 245 Å². The molecule has 0 aliphatic heterocycles. The first-order chi connectivity index (χ1) is 20.3. The number of nitrogens with one attached hydrogen (secondary N) is 1. The van der Waals surface area contributed by atoms with Gasteiger partial charge in [0.05, 0.1) is 49.7 Å². The highest BCUT2D eigenvalue weighted by molar-refractivity contribution is 5.97. The number of fused-ring (bicyclic) bond motifs is 1. The Balaban J connectivity index is 1.41. The molecule has 2 heterocycles. The van der Waals surface area contributed by atoms with E-state index in [0.717, 1.165) is 17.7 Å². The summed E-state index contributed by atoms with van der Waals surface area (Å²) in [6, 6.07) is 16.3. The van der Waals surface area contributed by atoms with Crippen LogP contribution in [0.3, 0.4) is 0 Å². The molecular weight excluding hydrogens is 559 g/mol. The highest BCUT2D eigenvalue weighted by Crippen LogP contribution is 2.31. The molecule has 220 valence electrons. The number of carbonyl (C=O) groups excluding carboxylic acids is 1. The minimum Gasteiger partial charge on any atom is -0.858 e. The number of anilines is 2. The van der Waals surface area contributed by atoms with Gasteiger partial charge in [-0.3, -0.25) is 9.79 Å². The molecule has 0 amide bonds. The minimum atomic E-state index is -4.57. The van der Waals surface area contributed by atoms with Crippen LogP contribution in [0.15, 0.2) is 84.2 Å². The third kappa shape index (κ3) is 6.70. The van der Waals surface area contributed by atoms with Gasteiger partial charge in [-0.05, 0) is 72.5 Å². The maximum Gasteiger partial charge on any atom is 0.416 e. The molecule has 1 N–H and O–H groups in total. The van der Waals surface area contributed by atoms with Crippen molar-refractivity contribution in [3.8, 4) is 5.69 Å². The molecule has 0 saturated heterocycles. The molecule has 0 spiro atoms. The van der Waals surface area contributed by atoms with Crippen molar-refractivity contribution in [2.75, 3.05) is 33.0 Å². The van der Waals surface area contributed by atoms with Crippen LogP contribution in [-0.2, 0) is 6.18 Å². The second-order valence-corrected chi connectivity index (χ2v) is 11.1. The number of quaternary nitrogens is 1. The van der Waals surface area contributed by atoms with Crippen molar-refractivity contribution in [1.29, 1.82) is 0 Å². The smallest absolute Gasteiger partial charge is 0.416 e. The molecule has 5 rings (SSSR count). The Morgan fingerprint density at radius 3 is 2.44 bits per heavy atom. The number of hydrogen-bond acceptors (Lipinski definition) is 7. The van der Waals surface area contributed by atoms with Crippen LogP contribution in [0.4, 0.5) is 30.4 Å². The van der Waals surface area contributed by atoms with Gasteiger partial charge in [0.1, 0.15) is 18.7 Å². The van der Waals surface area contributed by atoms with E-state index in [1.807, 2.05) is 28.1 Å². The Kier molecular flexibility index (Phi) is 7.72. The molecule has 0 aliphatic carbocycles. The summed E-state index contributed by atoms with van der Waals surface area (Å²) >= 11 is 0. The fraction of sp³-hybridized carbons (Fsp3) is 0.194. The zero-order valence-corrected chi connectivity index (χ0v) is 23.8. The average Bonchev–Trinajstić information content (AvgIpc) is 3.39. The third-order valence-corrected chi connectivity index (χ3v) is 6.56. The number of rotatable bonds is 8. The van der Waals surface area contributed by atoms with Crippen LogP contribution < -0.4 is 10.4 Å². The number of Topliss-reactive ketones (excluding diaryl/α,β-unsaturated/α-hetero) is 1. The maximum absolute atomic E-state index is 13.1. The molecule has 12 heteroatoms. The predicted octanol–water partition coefficient (Wildman–Crippen LogP) is 5.21. The maximum atomic E-state index is 13.1. The van der Waals surface area contributed by atoms with E-state index in [-0.39, 0.29) is 17.0 Å². The summed E-state index contributed by atoms with van der Waals surface area (Å²) in [6.45, 7) is 2.23. The Hall–Kier alpha value is -5.10. The number of alkyl halides is 3. The molecule has 43 heavy (non-hydrogen) atoms. The Morgan fingerprint density at radius 1 is 1.00 bits per heavy atom.